The molecule has 1 aromatic rings. The second-order valence-corrected chi connectivity index (χ2v) is 6.56. The zero-order valence-electron chi connectivity index (χ0n) is 12.5. The van der Waals surface area contributed by atoms with Crippen LogP contribution in [-0.4, -0.2) is 29.0 Å². The number of hydrogen-bond donors (Lipinski definition) is 1. The van der Waals surface area contributed by atoms with Gasteiger partial charge in [0.1, 0.15) is 5.82 Å². The summed E-state index contributed by atoms with van der Waals surface area (Å²) in [6.07, 6.45) is 4.71. The molecule has 1 heterocycles. The topological polar surface area (TPSA) is 38.7 Å². The first-order valence-electron chi connectivity index (χ1n) is 7.73. The highest BCUT2D eigenvalue weighted by Crippen LogP contribution is 2.48. The molecule has 0 aromatic heterocycles. The van der Waals surface area contributed by atoms with Crippen molar-refractivity contribution in [3.8, 4) is 0 Å². The number of ether oxygens (including phenoxy) is 2. The summed E-state index contributed by atoms with van der Waals surface area (Å²) < 4.78 is 25.9. The quantitative estimate of drug-likeness (QED) is 0.927. The Bertz CT molecular complexity index is 507. The highest BCUT2D eigenvalue weighted by Gasteiger charge is 2.53. The molecular weight excluding hydrogens is 271 g/mol. The molecule has 21 heavy (non-hydrogen) atoms. The van der Waals surface area contributed by atoms with Gasteiger partial charge in [-0.2, -0.15) is 0 Å². The molecule has 1 spiro atoms. The monoisotopic (exact) mass is 294 g/mol. The molecule has 1 aliphatic heterocycles. The van der Waals surface area contributed by atoms with Gasteiger partial charge in [-0.05, 0) is 45.1 Å². The third-order valence-corrected chi connectivity index (χ3v) is 4.91. The minimum absolute atomic E-state index is 0.00881. The summed E-state index contributed by atoms with van der Waals surface area (Å²) in [6, 6.07) is 6.71. The number of aliphatic hydroxyl groups excluding tert-OH is 1. The lowest BCUT2D eigenvalue weighted by Crippen LogP contribution is -2.42. The normalized spacial score (nSPS) is 35.7. The van der Waals surface area contributed by atoms with Gasteiger partial charge in [-0.15, -0.1) is 0 Å². The maximum Gasteiger partial charge on any atom is 0.128 e. The van der Waals surface area contributed by atoms with Crippen LogP contribution in [0.15, 0.2) is 24.3 Å². The van der Waals surface area contributed by atoms with Crippen LogP contribution in [0.2, 0.25) is 0 Å². The largest absolute Gasteiger partial charge is 0.393 e. The first kappa shape index (κ1) is 14.9. The van der Waals surface area contributed by atoms with E-state index >= 15 is 0 Å². The molecule has 116 valence electrons. The maximum atomic E-state index is 13.7. The van der Waals surface area contributed by atoms with Gasteiger partial charge in [0.25, 0.3) is 0 Å². The van der Waals surface area contributed by atoms with Crippen LogP contribution in [0.3, 0.4) is 0 Å². The lowest BCUT2D eigenvalue weighted by atomic mass is 9.94. The summed E-state index contributed by atoms with van der Waals surface area (Å²) in [5.74, 6) is -0.225. The molecule has 1 N–H and O–H groups in total. The fourth-order valence-electron chi connectivity index (χ4n) is 3.63. The summed E-state index contributed by atoms with van der Waals surface area (Å²) in [6.45, 7) is 2.26. The van der Waals surface area contributed by atoms with Gasteiger partial charge in [-0.3, -0.25) is 0 Å². The zero-order chi connectivity index (χ0) is 14.9. The molecule has 3 nitrogen and oxygen atoms in total. The predicted molar refractivity (Wildman–Crippen MR) is 77.4 cm³/mol. The van der Waals surface area contributed by atoms with Crippen LogP contribution in [0.5, 0.6) is 0 Å². The minimum Gasteiger partial charge on any atom is -0.393 e. The Morgan fingerprint density at radius 3 is 2.86 bits per heavy atom. The molecule has 4 heteroatoms. The van der Waals surface area contributed by atoms with Gasteiger partial charge in [0.05, 0.1) is 30.5 Å². The van der Waals surface area contributed by atoms with Crippen LogP contribution in [0.4, 0.5) is 4.39 Å². The van der Waals surface area contributed by atoms with E-state index in [0.29, 0.717) is 5.56 Å². The molecule has 2 fully saturated rings. The molecule has 1 aromatic carbocycles. The Kier molecular flexibility index (Phi) is 4.04. The molecular formula is C17H23FO3. The van der Waals surface area contributed by atoms with Gasteiger partial charge >= 0.3 is 0 Å². The standard InChI is InChI=1S/C17H23FO3/c1-16(12-19)9-10-17(21-16)8-4-7-15(17)20-11-13-5-2-3-6-14(13)18/h2-3,5-6,15,19H,4,7-12H2,1H3. The van der Waals surface area contributed by atoms with Crippen LogP contribution in [-0.2, 0) is 16.1 Å². The van der Waals surface area contributed by atoms with Gasteiger partial charge in [-0.1, -0.05) is 18.2 Å². The van der Waals surface area contributed by atoms with E-state index in [4.69, 9.17) is 9.47 Å². The van der Waals surface area contributed by atoms with E-state index in [1.54, 1.807) is 12.1 Å². The van der Waals surface area contributed by atoms with E-state index in [2.05, 4.69) is 0 Å². The van der Waals surface area contributed by atoms with Crippen LogP contribution in [0, 0.1) is 5.82 Å². The van der Waals surface area contributed by atoms with Crippen molar-refractivity contribution in [1.82, 2.24) is 0 Å². The van der Waals surface area contributed by atoms with Crippen LogP contribution in [0.1, 0.15) is 44.6 Å². The second-order valence-electron chi connectivity index (χ2n) is 6.56. The SMILES string of the molecule is CC1(CO)CCC2(CCCC2OCc2ccccc2F)O1. The Balaban J connectivity index is 1.67. The van der Waals surface area contributed by atoms with Gasteiger partial charge in [0.15, 0.2) is 0 Å². The maximum absolute atomic E-state index is 13.7. The van der Waals surface area contributed by atoms with E-state index in [1.807, 2.05) is 13.0 Å². The summed E-state index contributed by atoms with van der Waals surface area (Å²) in [5, 5.41) is 9.48. The van der Waals surface area contributed by atoms with E-state index in [9.17, 15) is 9.50 Å². The first-order valence-corrected chi connectivity index (χ1v) is 7.73. The molecule has 1 saturated carbocycles. The number of halogens is 1. The molecule has 0 amide bonds. The summed E-state index contributed by atoms with van der Waals surface area (Å²) >= 11 is 0. The summed E-state index contributed by atoms with van der Waals surface area (Å²) in [4.78, 5) is 0. The van der Waals surface area contributed by atoms with Crippen molar-refractivity contribution in [3.05, 3.63) is 35.6 Å². The Labute approximate surface area is 125 Å². The summed E-state index contributed by atoms with van der Waals surface area (Å²) in [5.41, 5.74) is -0.158. The molecule has 2 aliphatic rings. The van der Waals surface area contributed by atoms with Crippen molar-refractivity contribution in [3.63, 3.8) is 0 Å². The average Bonchev–Trinajstić information content (AvgIpc) is 3.03. The van der Waals surface area contributed by atoms with E-state index < -0.39 is 5.60 Å². The predicted octanol–water partition coefficient (Wildman–Crippen LogP) is 3.20. The van der Waals surface area contributed by atoms with Crippen molar-refractivity contribution in [2.24, 2.45) is 0 Å². The third kappa shape index (κ3) is 2.85. The molecule has 1 aliphatic carbocycles. The minimum atomic E-state index is -0.454. The molecule has 3 rings (SSSR count). The lowest BCUT2D eigenvalue weighted by Gasteiger charge is -2.34. The van der Waals surface area contributed by atoms with Gasteiger partial charge in [0, 0.05) is 5.56 Å². The number of hydrogen-bond acceptors (Lipinski definition) is 3. The van der Waals surface area contributed by atoms with Crippen molar-refractivity contribution in [2.45, 2.75) is 62.9 Å². The molecule has 3 unspecified atom stereocenters. The fraction of sp³-hybridized carbons (Fsp3) is 0.647. The van der Waals surface area contributed by atoms with Crippen molar-refractivity contribution in [2.75, 3.05) is 6.61 Å². The lowest BCUT2D eigenvalue weighted by molar-refractivity contribution is -0.167. The average molecular weight is 294 g/mol. The number of benzene rings is 1. The van der Waals surface area contributed by atoms with Crippen molar-refractivity contribution >= 4 is 0 Å². The molecule has 1 saturated heterocycles. The smallest absolute Gasteiger partial charge is 0.128 e. The number of rotatable bonds is 4. The highest BCUT2D eigenvalue weighted by molar-refractivity contribution is 5.16. The Hall–Kier alpha value is -0.970. The Morgan fingerprint density at radius 2 is 2.14 bits per heavy atom. The Morgan fingerprint density at radius 1 is 1.33 bits per heavy atom. The highest BCUT2D eigenvalue weighted by atomic mass is 19.1. The zero-order valence-corrected chi connectivity index (χ0v) is 12.5. The van der Waals surface area contributed by atoms with E-state index in [1.165, 1.54) is 6.07 Å². The van der Waals surface area contributed by atoms with E-state index in [0.717, 1.165) is 32.1 Å². The summed E-state index contributed by atoms with van der Waals surface area (Å²) in [7, 11) is 0. The molecule has 0 bridgehead atoms. The third-order valence-electron chi connectivity index (χ3n) is 4.91. The van der Waals surface area contributed by atoms with Crippen molar-refractivity contribution in [1.29, 1.82) is 0 Å². The van der Waals surface area contributed by atoms with E-state index in [-0.39, 0.29) is 30.7 Å². The first-order chi connectivity index (χ1) is 10.1. The van der Waals surface area contributed by atoms with Crippen molar-refractivity contribution < 1.29 is 19.0 Å². The molecule has 0 radical (unpaired) electrons. The van der Waals surface area contributed by atoms with Crippen LogP contribution in [0.25, 0.3) is 0 Å². The van der Waals surface area contributed by atoms with Gasteiger partial charge in [-0.25, -0.2) is 4.39 Å². The molecule has 3 atom stereocenters. The van der Waals surface area contributed by atoms with Gasteiger partial charge in [0.2, 0.25) is 0 Å². The number of aliphatic hydroxyl groups is 1. The van der Waals surface area contributed by atoms with Crippen LogP contribution >= 0.6 is 0 Å². The van der Waals surface area contributed by atoms with Gasteiger partial charge < -0.3 is 14.6 Å². The van der Waals surface area contributed by atoms with Crippen LogP contribution < -0.4 is 0 Å². The second kappa shape index (κ2) is 5.67. The fourth-order valence-corrected chi connectivity index (χ4v) is 3.63.